The van der Waals surface area contributed by atoms with Crippen LogP contribution in [0.25, 0.3) is 16.8 Å². The van der Waals surface area contributed by atoms with Crippen molar-refractivity contribution in [3.8, 4) is 28.8 Å². The third-order valence-electron chi connectivity index (χ3n) is 3.97. The molecule has 27 heavy (non-hydrogen) atoms. The highest BCUT2D eigenvalue weighted by atomic mass is 32.1. The molecule has 1 N–H and O–H groups in total. The SMILES string of the molecule is COc1ccc(-c2csc(/C(C#N)=C/Nc3ccc(C)cc3)n2)cc1OC. The third kappa shape index (κ3) is 4.27. The molecule has 0 atom stereocenters. The number of hydrogen-bond acceptors (Lipinski definition) is 6. The number of aryl methyl sites for hydroxylation is 1. The van der Waals surface area contributed by atoms with Crippen molar-refractivity contribution < 1.29 is 9.47 Å². The van der Waals surface area contributed by atoms with Crippen LogP contribution >= 0.6 is 11.3 Å². The van der Waals surface area contributed by atoms with Crippen molar-refractivity contribution in [1.29, 1.82) is 5.26 Å². The van der Waals surface area contributed by atoms with E-state index in [9.17, 15) is 5.26 Å². The summed E-state index contributed by atoms with van der Waals surface area (Å²) < 4.78 is 10.6. The van der Waals surface area contributed by atoms with Crippen molar-refractivity contribution in [2.45, 2.75) is 6.92 Å². The Morgan fingerprint density at radius 3 is 2.52 bits per heavy atom. The maximum atomic E-state index is 9.50. The van der Waals surface area contributed by atoms with Crippen LogP contribution < -0.4 is 14.8 Å². The van der Waals surface area contributed by atoms with Gasteiger partial charge in [-0.05, 0) is 37.3 Å². The molecule has 0 spiro atoms. The summed E-state index contributed by atoms with van der Waals surface area (Å²) in [5, 5.41) is 15.2. The minimum Gasteiger partial charge on any atom is -0.493 e. The fourth-order valence-corrected chi connectivity index (χ4v) is 3.27. The number of methoxy groups -OCH3 is 2. The second kappa shape index (κ2) is 8.39. The molecule has 136 valence electrons. The minimum atomic E-state index is 0.479. The highest BCUT2D eigenvalue weighted by Gasteiger charge is 2.11. The van der Waals surface area contributed by atoms with Crippen molar-refractivity contribution in [3.63, 3.8) is 0 Å². The molecule has 0 unspecified atom stereocenters. The molecule has 0 saturated heterocycles. The quantitative estimate of drug-likeness (QED) is 0.605. The van der Waals surface area contributed by atoms with E-state index in [0.29, 0.717) is 22.1 Å². The smallest absolute Gasteiger partial charge is 0.161 e. The molecule has 0 bridgehead atoms. The molecule has 0 aliphatic carbocycles. The highest BCUT2D eigenvalue weighted by Crippen LogP contribution is 2.33. The number of nitrogens with one attached hydrogen (secondary N) is 1. The van der Waals surface area contributed by atoms with E-state index >= 15 is 0 Å². The first-order valence-electron chi connectivity index (χ1n) is 8.26. The van der Waals surface area contributed by atoms with Gasteiger partial charge >= 0.3 is 0 Å². The lowest BCUT2D eigenvalue weighted by atomic mass is 10.1. The van der Waals surface area contributed by atoms with Gasteiger partial charge in [-0.2, -0.15) is 5.26 Å². The topological polar surface area (TPSA) is 67.2 Å². The lowest BCUT2D eigenvalue weighted by Gasteiger charge is -2.08. The van der Waals surface area contributed by atoms with Crippen molar-refractivity contribution in [2.24, 2.45) is 0 Å². The fourth-order valence-electron chi connectivity index (χ4n) is 2.47. The number of thiazole rings is 1. The zero-order chi connectivity index (χ0) is 19.2. The van der Waals surface area contributed by atoms with E-state index in [1.807, 2.05) is 54.8 Å². The first kappa shape index (κ1) is 18.5. The van der Waals surface area contributed by atoms with Gasteiger partial charge in [0.05, 0.1) is 19.9 Å². The van der Waals surface area contributed by atoms with E-state index in [-0.39, 0.29) is 0 Å². The summed E-state index contributed by atoms with van der Waals surface area (Å²) in [4.78, 5) is 4.60. The lowest BCUT2D eigenvalue weighted by molar-refractivity contribution is 0.355. The first-order chi connectivity index (χ1) is 13.1. The molecule has 5 nitrogen and oxygen atoms in total. The van der Waals surface area contributed by atoms with Crippen LogP contribution in [-0.2, 0) is 0 Å². The molecule has 0 radical (unpaired) electrons. The average Bonchev–Trinajstić information content (AvgIpc) is 3.19. The van der Waals surface area contributed by atoms with Gasteiger partial charge in [-0.25, -0.2) is 4.98 Å². The summed E-state index contributed by atoms with van der Waals surface area (Å²) in [7, 11) is 3.20. The molecule has 0 amide bonds. The van der Waals surface area contributed by atoms with Crippen LogP contribution in [0.1, 0.15) is 10.6 Å². The summed E-state index contributed by atoms with van der Waals surface area (Å²) >= 11 is 1.42. The number of aromatic nitrogens is 1. The maximum absolute atomic E-state index is 9.50. The number of benzene rings is 2. The second-order valence-electron chi connectivity index (χ2n) is 5.79. The molecule has 0 saturated carbocycles. The van der Waals surface area contributed by atoms with E-state index in [1.165, 1.54) is 16.9 Å². The van der Waals surface area contributed by atoms with E-state index in [2.05, 4.69) is 16.4 Å². The Kier molecular flexibility index (Phi) is 5.74. The Hall–Kier alpha value is -3.30. The van der Waals surface area contributed by atoms with Crippen LogP contribution in [0.15, 0.2) is 54.0 Å². The Balaban J connectivity index is 1.84. The van der Waals surface area contributed by atoms with Gasteiger partial charge in [0.2, 0.25) is 0 Å². The molecule has 3 aromatic rings. The third-order valence-corrected chi connectivity index (χ3v) is 4.84. The van der Waals surface area contributed by atoms with Gasteiger partial charge < -0.3 is 14.8 Å². The normalized spacial score (nSPS) is 11.0. The van der Waals surface area contributed by atoms with Crippen LogP contribution in [0, 0.1) is 18.3 Å². The van der Waals surface area contributed by atoms with Crippen LogP contribution in [0.5, 0.6) is 11.5 Å². The zero-order valence-corrected chi connectivity index (χ0v) is 16.1. The van der Waals surface area contributed by atoms with E-state index in [0.717, 1.165) is 16.9 Å². The lowest BCUT2D eigenvalue weighted by Crippen LogP contribution is -1.92. The molecule has 0 aliphatic heterocycles. The summed E-state index contributed by atoms with van der Waals surface area (Å²) in [6, 6.07) is 15.8. The number of rotatable bonds is 6. The number of anilines is 1. The molecular weight excluding hydrogens is 358 g/mol. The van der Waals surface area contributed by atoms with E-state index in [1.54, 1.807) is 20.4 Å². The van der Waals surface area contributed by atoms with Crippen molar-refractivity contribution in [3.05, 3.63) is 64.6 Å². The van der Waals surface area contributed by atoms with Crippen molar-refractivity contribution in [2.75, 3.05) is 19.5 Å². The molecular formula is C21H19N3O2S. The largest absolute Gasteiger partial charge is 0.493 e. The maximum Gasteiger partial charge on any atom is 0.161 e. The molecule has 6 heteroatoms. The predicted octanol–water partition coefficient (Wildman–Crippen LogP) is 5.11. The predicted molar refractivity (Wildman–Crippen MR) is 109 cm³/mol. The van der Waals surface area contributed by atoms with Gasteiger partial charge in [0, 0.05) is 22.8 Å². The molecule has 1 heterocycles. The first-order valence-corrected chi connectivity index (χ1v) is 9.14. The summed E-state index contributed by atoms with van der Waals surface area (Å²) in [5.74, 6) is 1.30. The van der Waals surface area contributed by atoms with Crippen molar-refractivity contribution in [1.82, 2.24) is 4.98 Å². The average molecular weight is 377 g/mol. The Labute approximate surface area is 162 Å². The highest BCUT2D eigenvalue weighted by molar-refractivity contribution is 7.11. The van der Waals surface area contributed by atoms with Crippen LogP contribution in [0.4, 0.5) is 5.69 Å². The van der Waals surface area contributed by atoms with Gasteiger partial charge in [0.25, 0.3) is 0 Å². The number of allylic oxidation sites excluding steroid dienone is 1. The summed E-state index contributed by atoms with van der Waals surface area (Å²) in [6.45, 7) is 2.03. The fraction of sp³-hybridized carbons (Fsp3) is 0.143. The number of ether oxygens (including phenoxy) is 2. The van der Waals surface area contributed by atoms with Gasteiger partial charge in [0.15, 0.2) is 11.5 Å². The Morgan fingerprint density at radius 1 is 1.11 bits per heavy atom. The minimum absolute atomic E-state index is 0.479. The van der Waals surface area contributed by atoms with Crippen LogP contribution in [0.3, 0.4) is 0 Å². The molecule has 1 aromatic heterocycles. The van der Waals surface area contributed by atoms with E-state index < -0.39 is 0 Å². The van der Waals surface area contributed by atoms with Gasteiger partial charge in [-0.3, -0.25) is 0 Å². The standard InChI is InChI=1S/C21H19N3O2S/c1-14-4-7-17(8-5-14)23-12-16(11-22)21-24-18(13-27-21)15-6-9-19(25-2)20(10-15)26-3/h4-10,12-13,23H,1-3H3/b16-12+. The summed E-state index contributed by atoms with van der Waals surface area (Å²) in [5.41, 5.74) is 4.27. The second-order valence-corrected chi connectivity index (χ2v) is 6.65. The number of hydrogen-bond donors (Lipinski definition) is 1. The Bertz CT molecular complexity index is 1000. The molecule has 0 fully saturated rings. The molecule has 0 aliphatic rings. The van der Waals surface area contributed by atoms with Gasteiger partial charge in [-0.15, -0.1) is 11.3 Å². The van der Waals surface area contributed by atoms with Gasteiger partial charge in [0.1, 0.15) is 16.6 Å². The molecule has 3 rings (SSSR count). The number of nitrogens with zero attached hydrogens (tertiary/aromatic N) is 2. The monoisotopic (exact) mass is 377 g/mol. The van der Waals surface area contributed by atoms with E-state index in [4.69, 9.17) is 9.47 Å². The van der Waals surface area contributed by atoms with Crippen LogP contribution in [0.2, 0.25) is 0 Å². The number of nitriles is 1. The zero-order valence-electron chi connectivity index (χ0n) is 15.3. The molecule has 2 aromatic carbocycles. The van der Waals surface area contributed by atoms with Gasteiger partial charge in [-0.1, -0.05) is 17.7 Å². The van der Waals surface area contributed by atoms with Crippen LogP contribution in [-0.4, -0.2) is 19.2 Å². The Morgan fingerprint density at radius 2 is 1.85 bits per heavy atom. The van der Waals surface area contributed by atoms with Crippen molar-refractivity contribution >= 4 is 22.6 Å². The summed E-state index contributed by atoms with van der Waals surface area (Å²) in [6.07, 6.45) is 1.68.